The zero-order chi connectivity index (χ0) is 14.7. The number of aromatic nitrogens is 2. The highest BCUT2D eigenvalue weighted by atomic mass is 15.2. The highest BCUT2D eigenvalue weighted by molar-refractivity contribution is 5.56. The van der Waals surface area contributed by atoms with Crippen molar-refractivity contribution in [3.63, 3.8) is 0 Å². The van der Waals surface area contributed by atoms with Gasteiger partial charge in [0.15, 0.2) is 0 Å². The van der Waals surface area contributed by atoms with Gasteiger partial charge in [0, 0.05) is 25.3 Å². The lowest BCUT2D eigenvalue weighted by molar-refractivity contribution is 0.565. The molecule has 4 heteroatoms. The predicted octanol–water partition coefficient (Wildman–Crippen LogP) is 2.75. The van der Waals surface area contributed by atoms with Gasteiger partial charge in [-0.2, -0.15) is 0 Å². The van der Waals surface area contributed by atoms with Crippen LogP contribution >= 0.6 is 0 Å². The van der Waals surface area contributed by atoms with Gasteiger partial charge in [-0.3, -0.25) is 0 Å². The van der Waals surface area contributed by atoms with Gasteiger partial charge in [-0.1, -0.05) is 18.2 Å². The minimum atomic E-state index is 0.201. The SMILES string of the molecule is CCn1cncc1C(CN)N1CCCCc2ccccc21. The smallest absolute Gasteiger partial charge is 0.0948 e. The maximum Gasteiger partial charge on any atom is 0.0948 e. The number of fused-ring (bicyclic) bond motifs is 1. The Bertz CT molecular complexity index is 590. The van der Waals surface area contributed by atoms with Crippen LogP contribution in [0.25, 0.3) is 0 Å². The van der Waals surface area contributed by atoms with E-state index < -0.39 is 0 Å². The van der Waals surface area contributed by atoms with Crippen molar-refractivity contribution in [2.24, 2.45) is 5.73 Å². The van der Waals surface area contributed by atoms with E-state index in [1.54, 1.807) is 0 Å². The number of aryl methyl sites for hydroxylation is 2. The first-order chi connectivity index (χ1) is 10.3. The van der Waals surface area contributed by atoms with E-state index in [1.165, 1.54) is 29.8 Å². The zero-order valence-electron chi connectivity index (χ0n) is 12.7. The molecule has 1 aromatic carbocycles. The molecule has 0 amide bonds. The number of para-hydroxylation sites is 1. The summed E-state index contributed by atoms with van der Waals surface area (Å²) < 4.78 is 2.20. The largest absolute Gasteiger partial charge is 0.361 e. The van der Waals surface area contributed by atoms with Crippen LogP contribution in [0.3, 0.4) is 0 Å². The van der Waals surface area contributed by atoms with Gasteiger partial charge in [-0.05, 0) is 37.8 Å². The molecule has 1 aliphatic rings. The van der Waals surface area contributed by atoms with Crippen LogP contribution in [0.15, 0.2) is 36.8 Å². The van der Waals surface area contributed by atoms with E-state index in [0.29, 0.717) is 6.54 Å². The predicted molar refractivity (Wildman–Crippen MR) is 86.4 cm³/mol. The Kier molecular flexibility index (Phi) is 4.25. The van der Waals surface area contributed by atoms with E-state index in [9.17, 15) is 0 Å². The summed E-state index contributed by atoms with van der Waals surface area (Å²) in [5, 5.41) is 0. The quantitative estimate of drug-likeness (QED) is 0.939. The summed E-state index contributed by atoms with van der Waals surface area (Å²) in [4.78, 5) is 6.79. The van der Waals surface area contributed by atoms with Gasteiger partial charge >= 0.3 is 0 Å². The fourth-order valence-corrected chi connectivity index (χ4v) is 3.32. The molecule has 0 spiro atoms. The molecule has 0 radical (unpaired) electrons. The van der Waals surface area contributed by atoms with E-state index >= 15 is 0 Å². The van der Waals surface area contributed by atoms with Gasteiger partial charge < -0.3 is 15.2 Å². The number of hydrogen-bond donors (Lipinski definition) is 1. The molecular weight excluding hydrogens is 260 g/mol. The van der Waals surface area contributed by atoms with Crippen LogP contribution in [0.2, 0.25) is 0 Å². The molecule has 0 bridgehead atoms. The van der Waals surface area contributed by atoms with Crippen molar-refractivity contribution in [3.05, 3.63) is 48.0 Å². The third kappa shape index (κ3) is 2.68. The Morgan fingerprint density at radius 3 is 2.95 bits per heavy atom. The highest BCUT2D eigenvalue weighted by Crippen LogP contribution is 2.32. The number of benzene rings is 1. The van der Waals surface area contributed by atoms with Gasteiger partial charge in [0.05, 0.1) is 24.3 Å². The number of nitrogens with zero attached hydrogens (tertiary/aromatic N) is 3. The van der Waals surface area contributed by atoms with Crippen molar-refractivity contribution in [1.29, 1.82) is 0 Å². The Balaban J connectivity index is 2.01. The van der Waals surface area contributed by atoms with Crippen LogP contribution in [0.4, 0.5) is 5.69 Å². The molecule has 2 aromatic rings. The zero-order valence-corrected chi connectivity index (χ0v) is 12.7. The number of imidazole rings is 1. The molecule has 1 atom stereocenters. The van der Waals surface area contributed by atoms with Gasteiger partial charge in [-0.25, -0.2) is 4.98 Å². The highest BCUT2D eigenvalue weighted by Gasteiger charge is 2.25. The molecular formula is C17H24N4. The normalized spacial score (nSPS) is 16.4. The van der Waals surface area contributed by atoms with Gasteiger partial charge in [0.25, 0.3) is 0 Å². The van der Waals surface area contributed by atoms with E-state index in [4.69, 9.17) is 5.73 Å². The summed E-state index contributed by atoms with van der Waals surface area (Å²) in [6.07, 6.45) is 7.50. The molecule has 0 aliphatic carbocycles. The average molecular weight is 284 g/mol. The summed E-state index contributed by atoms with van der Waals surface area (Å²) >= 11 is 0. The summed E-state index contributed by atoms with van der Waals surface area (Å²) in [7, 11) is 0. The molecule has 1 aromatic heterocycles. The van der Waals surface area contributed by atoms with Crippen LogP contribution in [-0.2, 0) is 13.0 Å². The first kappa shape index (κ1) is 14.1. The fourth-order valence-electron chi connectivity index (χ4n) is 3.32. The summed E-state index contributed by atoms with van der Waals surface area (Å²) in [6, 6.07) is 8.94. The van der Waals surface area contributed by atoms with Crippen molar-refractivity contribution >= 4 is 5.69 Å². The second-order valence-corrected chi connectivity index (χ2v) is 5.64. The van der Waals surface area contributed by atoms with Gasteiger partial charge in [0.2, 0.25) is 0 Å². The lowest BCUT2D eigenvalue weighted by Gasteiger charge is -2.33. The first-order valence-electron chi connectivity index (χ1n) is 7.89. The maximum absolute atomic E-state index is 6.14. The Hall–Kier alpha value is -1.81. The summed E-state index contributed by atoms with van der Waals surface area (Å²) in [6.45, 7) is 4.75. The Morgan fingerprint density at radius 2 is 2.14 bits per heavy atom. The number of anilines is 1. The van der Waals surface area contributed by atoms with E-state index in [-0.39, 0.29) is 6.04 Å². The molecule has 2 heterocycles. The van der Waals surface area contributed by atoms with Crippen molar-refractivity contribution in [3.8, 4) is 0 Å². The van der Waals surface area contributed by atoms with Crippen LogP contribution in [0, 0.1) is 0 Å². The van der Waals surface area contributed by atoms with Crippen molar-refractivity contribution < 1.29 is 0 Å². The lowest BCUT2D eigenvalue weighted by atomic mass is 10.1. The maximum atomic E-state index is 6.14. The number of nitrogens with two attached hydrogens (primary N) is 1. The van der Waals surface area contributed by atoms with E-state index in [0.717, 1.165) is 19.5 Å². The lowest BCUT2D eigenvalue weighted by Crippen LogP contribution is -2.35. The van der Waals surface area contributed by atoms with Crippen molar-refractivity contribution in [2.75, 3.05) is 18.0 Å². The summed E-state index contributed by atoms with van der Waals surface area (Å²) in [5.41, 5.74) is 10.1. The van der Waals surface area contributed by atoms with Crippen LogP contribution in [-0.4, -0.2) is 22.6 Å². The molecule has 0 saturated carbocycles. The second kappa shape index (κ2) is 6.31. The van der Waals surface area contributed by atoms with E-state index in [2.05, 4.69) is 45.6 Å². The minimum absolute atomic E-state index is 0.201. The standard InChI is InChI=1S/C17H24N4/c1-2-20-13-19-12-17(20)16(11-18)21-10-6-5-8-14-7-3-4-9-15(14)21/h3-4,7,9,12-13,16H,2,5-6,8,10-11,18H2,1H3. The van der Waals surface area contributed by atoms with Crippen molar-refractivity contribution in [1.82, 2.24) is 9.55 Å². The third-order valence-corrected chi connectivity index (χ3v) is 4.42. The summed E-state index contributed by atoms with van der Waals surface area (Å²) in [5.74, 6) is 0. The van der Waals surface area contributed by atoms with Crippen molar-refractivity contribution in [2.45, 2.75) is 38.8 Å². The molecule has 4 nitrogen and oxygen atoms in total. The second-order valence-electron chi connectivity index (χ2n) is 5.64. The van der Waals surface area contributed by atoms with Gasteiger partial charge in [0.1, 0.15) is 0 Å². The van der Waals surface area contributed by atoms with E-state index in [1.807, 2.05) is 12.5 Å². The molecule has 112 valence electrons. The molecule has 0 fully saturated rings. The number of hydrogen-bond acceptors (Lipinski definition) is 3. The fraction of sp³-hybridized carbons (Fsp3) is 0.471. The first-order valence-corrected chi connectivity index (χ1v) is 7.89. The molecule has 1 aliphatic heterocycles. The molecule has 21 heavy (non-hydrogen) atoms. The van der Waals surface area contributed by atoms with Crippen LogP contribution < -0.4 is 10.6 Å². The minimum Gasteiger partial charge on any atom is -0.361 e. The molecule has 2 N–H and O–H groups in total. The topological polar surface area (TPSA) is 47.1 Å². The monoisotopic (exact) mass is 284 g/mol. The van der Waals surface area contributed by atoms with Crippen LogP contribution in [0.1, 0.15) is 37.1 Å². The Morgan fingerprint density at radius 1 is 1.29 bits per heavy atom. The molecule has 0 saturated heterocycles. The Labute approximate surface area is 126 Å². The van der Waals surface area contributed by atoms with Gasteiger partial charge in [-0.15, -0.1) is 0 Å². The van der Waals surface area contributed by atoms with Crippen LogP contribution in [0.5, 0.6) is 0 Å². The third-order valence-electron chi connectivity index (χ3n) is 4.42. The number of rotatable bonds is 4. The molecule has 3 rings (SSSR count). The average Bonchev–Trinajstić information content (AvgIpc) is 2.89. The molecule has 1 unspecified atom stereocenters.